The first-order valence-electron chi connectivity index (χ1n) is 7.30. The molecular formula is C19H22SSe. The van der Waals surface area contributed by atoms with Crippen LogP contribution in [0.1, 0.15) is 25.0 Å². The third kappa shape index (κ3) is 6.56. The monoisotopic (exact) mass is 362 g/mol. The Morgan fingerprint density at radius 1 is 1.00 bits per heavy atom. The minimum absolute atomic E-state index is 0.573. The average Bonchev–Trinajstić information content (AvgIpc) is 2.52. The summed E-state index contributed by atoms with van der Waals surface area (Å²) in [7, 11) is 0. The number of thioether (sulfide) groups is 1. The van der Waals surface area contributed by atoms with E-state index in [0.29, 0.717) is 15.0 Å². The molecule has 2 aromatic carbocycles. The maximum absolute atomic E-state index is 2.37. The summed E-state index contributed by atoms with van der Waals surface area (Å²) in [5.41, 5.74) is 2.72. The van der Waals surface area contributed by atoms with Crippen molar-refractivity contribution in [3.8, 4) is 0 Å². The van der Waals surface area contributed by atoms with Gasteiger partial charge >= 0.3 is 139 Å². The van der Waals surface area contributed by atoms with Crippen LogP contribution in [-0.4, -0.2) is 15.0 Å². The summed E-state index contributed by atoms with van der Waals surface area (Å²) in [6.07, 6.45) is 2.37. The summed E-state index contributed by atoms with van der Waals surface area (Å²) in [5, 5.41) is 1.31. The molecule has 0 saturated heterocycles. The van der Waals surface area contributed by atoms with Crippen molar-refractivity contribution in [1.82, 2.24) is 0 Å². The van der Waals surface area contributed by atoms with Gasteiger partial charge in [-0.05, 0) is 0 Å². The standard InChI is InChI=1S/C19H22SSe/c1-16(2)15-21-19(13-17-9-5-3-6-10-17)20-14-18-11-7-4-8-12-18/h3-13,16H,14-15H2,1-2H3/b19-13-. The van der Waals surface area contributed by atoms with Crippen molar-refractivity contribution in [2.45, 2.75) is 24.9 Å². The SMILES string of the molecule is CC(C)C[Se]/C(=C\c1ccccc1)SCc1ccccc1. The molecule has 0 atom stereocenters. The maximum atomic E-state index is 2.37. The third-order valence-electron chi connectivity index (χ3n) is 2.87. The summed E-state index contributed by atoms with van der Waals surface area (Å²) in [6, 6.07) is 21.4. The fraction of sp³-hybridized carbons (Fsp3) is 0.263. The van der Waals surface area contributed by atoms with Gasteiger partial charge in [-0.1, -0.05) is 0 Å². The van der Waals surface area contributed by atoms with Crippen molar-refractivity contribution in [1.29, 1.82) is 0 Å². The van der Waals surface area contributed by atoms with E-state index in [2.05, 4.69) is 80.6 Å². The van der Waals surface area contributed by atoms with Crippen LogP contribution >= 0.6 is 11.8 Å². The van der Waals surface area contributed by atoms with E-state index >= 15 is 0 Å². The van der Waals surface area contributed by atoms with Crippen molar-refractivity contribution in [3.05, 3.63) is 75.6 Å². The van der Waals surface area contributed by atoms with Crippen molar-refractivity contribution < 1.29 is 0 Å². The van der Waals surface area contributed by atoms with E-state index in [1.807, 2.05) is 11.8 Å². The number of hydrogen-bond donors (Lipinski definition) is 0. The van der Waals surface area contributed by atoms with Gasteiger partial charge in [-0.15, -0.1) is 0 Å². The van der Waals surface area contributed by atoms with Crippen molar-refractivity contribution in [3.63, 3.8) is 0 Å². The van der Waals surface area contributed by atoms with Crippen LogP contribution in [0.5, 0.6) is 0 Å². The molecule has 0 unspecified atom stereocenters. The first kappa shape index (κ1) is 16.4. The fourth-order valence-electron chi connectivity index (χ4n) is 1.79. The molecule has 0 radical (unpaired) electrons. The molecular weight excluding hydrogens is 339 g/mol. The second-order valence-corrected chi connectivity index (χ2v) is 9.18. The Morgan fingerprint density at radius 2 is 1.62 bits per heavy atom. The molecule has 0 saturated carbocycles. The Hall–Kier alpha value is -0.951. The second kappa shape index (κ2) is 9.15. The molecule has 0 aliphatic heterocycles. The topological polar surface area (TPSA) is 0 Å². The zero-order chi connectivity index (χ0) is 14.9. The molecule has 110 valence electrons. The van der Waals surface area contributed by atoms with Crippen LogP contribution in [0.3, 0.4) is 0 Å². The molecule has 21 heavy (non-hydrogen) atoms. The zero-order valence-corrected chi connectivity index (χ0v) is 15.2. The van der Waals surface area contributed by atoms with Gasteiger partial charge in [0.1, 0.15) is 0 Å². The van der Waals surface area contributed by atoms with Crippen LogP contribution in [0, 0.1) is 5.92 Å². The Bertz CT molecular complexity index is 546. The molecule has 2 heteroatoms. The molecule has 0 spiro atoms. The van der Waals surface area contributed by atoms with E-state index in [1.54, 1.807) is 3.80 Å². The van der Waals surface area contributed by atoms with Crippen molar-refractivity contribution in [2.24, 2.45) is 5.92 Å². The molecule has 0 aliphatic carbocycles. The normalized spacial score (nSPS) is 11.9. The van der Waals surface area contributed by atoms with Gasteiger partial charge < -0.3 is 0 Å². The van der Waals surface area contributed by atoms with E-state index in [-0.39, 0.29) is 0 Å². The molecule has 0 fully saturated rings. The van der Waals surface area contributed by atoms with Gasteiger partial charge in [-0.25, -0.2) is 0 Å². The molecule has 0 amide bonds. The summed E-state index contributed by atoms with van der Waals surface area (Å²) in [6.45, 7) is 4.62. The van der Waals surface area contributed by atoms with Crippen LogP contribution < -0.4 is 0 Å². The predicted molar refractivity (Wildman–Crippen MR) is 97.6 cm³/mol. The zero-order valence-electron chi connectivity index (χ0n) is 12.7. The number of benzene rings is 2. The van der Waals surface area contributed by atoms with Gasteiger partial charge in [0.05, 0.1) is 0 Å². The molecule has 0 aliphatic rings. The second-order valence-electron chi connectivity index (χ2n) is 5.35. The van der Waals surface area contributed by atoms with Crippen LogP contribution in [-0.2, 0) is 5.75 Å². The van der Waals surface area contributed by atoms with Gasteiger partial charge in [-0.3, -0.25) is 0 Å². The minimum atomic E-state index is 0.573. The van der Waals surface area contributed by atoms with Crippen LogP contribution in [0.15, 0.2) is 64.5 Å². The van der Waals surface area contributed by atoms with E-state index in [4.69, 9.17) is 0 Å². The predicted octanol–water partition coefficient (Wildman–Crippen LogP) is 5.70. The molecule has 2 aromatic rings. The first-order valence-corrected chi connectivity index (χ1v) is 10.4. The van der Waals surface area contributed by atoms with Gasteiger partial charge in [0, 0.05) is 0 Å². The molecule has 0 nitrogen and oxygen atoms in total. The third-order valence-corrected chi connectivity index (χ3v) is 7.69. The van der Waals surface area contributed by atoms with Gasteiger partial charge in [0.2, 0.25) is 0 Å². The molecule has 0 bridgehead atoms. The fourth-order valence-corrected chi connectivity index (χ4v) is 5.35. The summed E-state index contributed by atoms with van der Waals surface area (Å²) < 4.78 is 1.55. The number of hydrogen-bond acceptors (Lipinski definition) is 1. The Labute approximate surface area is 139 Å². The Balaban J connectivity index is 2.03. The summed E-state index contributed by atoms with van der Waals surface area (Å²) >= 11 is 2.57. The average molecular weight is 361 g/mol. The molecule has 0 heterocycles. The molecule has 0 N–H and O–H groups in total. The van der Waals surface area contributed by atoms with Crippen LogP contribution in [0.25, 0.3) is 6.08 Å². The molecule has 0 aromatic heterocycles. The van der Waals surface area contributed by atoms with Gasteiger partial charge in [0.15, 0.2) is 0 Å². The van der Waals surface area contributed by atoms with E-state index < -0.39 is 0 Å². The van der Waals surface area contributed by atoms with Crippen LogP contribution in [0.2, 0.25) is 5.32 Å². The van der Waals surface area contributed by atoms with E-state index in [1.165, 1.54) is 16.4 Å². The van der Waals surface area contributed by atoms with Gasteiger partial charge in [-0.2, -0.15) is 0 Å². The molecule has 2 rings (SSSR count). The first-order chi connectivity index (χ1) is 10.2. The summed E-state index contributed by atoms with van der Waals surface area (Å²) in [4.78, 5) is 0. The van der Waals surface area contributed by atoms with Crippen molar-refractivity contribution in [2.75, 3.05) is 0 Å². The van der Waals surface area contributed by atoms with E-state index in [0.717, 1.165) is 11.7 Å². The van der Waals surface area contributed by atoms with Crippen molar-refractivity contribution >= 4 is 32.8 Å². The Morgan fingerprint density at radius 3 is 2.24 bits per heavy atom. The quantitative estimate of drug-likeness (QED) is 0.570. The van der Waals surface area contributed by atoms with E-state index in [9.17, 15) is 0 Å². The Kier molecular flexibility index (Phi) is 7.15. The van der Waals surface area contributed by atoms with Crippen LogP contribution in [0.4, 0.5) is 0 Å². The number of rotatable bonds is 7. The van der Waals surface area contributed by atoms with Gasteiger partial charge in [0.25, 0.3) is 0 Å². The summed E-state index contributed by atoms with van der Waals surface area (Å²) in [5.74, 6) is 1.85.